The molecule has 2 heterocycles. The Bertz CT molecular complexity index is 690. The minimum absolute atomic E-state index is 0.240. The first-order valence-corrected chi connectivity index (χ1v) is 8.32. The highest BCUT2D eigenvalue weighted by Gasteiger charge is 2.34. The molecular formula is C18H26N4O2. The molecule has 0 radical (unpaired) electrons. The number of carbonyl (C=O) groups is 1. The summed E-state index contributed by atoms with van der Waals surface area (Å²) in [5, 5.41) is 8.84. The fourth-order valence-electron chi connectivity index (χ4n) is 2.38. The average molecular weight is 330 g/mol. The van der Waals surface area contributed by atoms with E-state index in [-0.39, 0.29) is 12.0 Å². The van der Waals surface area contributed by atoms with Crippen LogP contribution in [0.3, 0.4) is 0 Å². The molecule has 1 saturated heterocycles. The maximum atomic E-state index is 11.3. The van der Waals surface area contributed by atoms with Crippen molar-refractivity contribution >= 4 is 6.09 Å². The number of nitrogens with zero attached hydrogens (tertiary/aromatic N) is 4. The minimum Gasteiger partial charge on any atom is -0.453 e. The summed E-state index contributed by atoms with van der Waals surface area (Å²) >= 11 is 0. The molecule has 1 amide bonds. The zero-order chi connectivity index (χ0) is 17.7. The number of rotatable bonds is 2. The van der Waals surface area contributed by atoms with Gasteiger partial charge in [0, 0.05) is 19.0 Å². The van der Waals surface area contributed by atoms with Crippen LogP contribution in [0.2, 0.25) is 0 Å². The lowest BCUT2D eigenvalue weighted by Gasteiger charge is -2.36. The van der Waals surface area contributed by atoms with Crippen molar-refractivity contribution in [2.75, 3.05) is 20.2 Å². The van der Waals surface area contributed by atoms with E-state index in [1.165, 1.54) is 24.7 Å². The van der Waals surface area contributed by atoms with Crippen molar-refractivity contribution in [3.8, 4) is 5.69 Å². The summed E-state index contributed by atoms with van der Waals surface area (Å²) in [7, 11) is 1.39. The number of carbonyl (C=O) groups excluding carboxylic acids is 1. The first-order chi connectivity index (χ1) is 11.5. The van der Waals surface area contributed by atoms with Gasteiger partial charge in [0.1, 0.15) is 0 Å². The lowest BCUT2D eigenvalue weighted by atomic mass is 9.98. The van der Waals surface area contributed by atoms with Gasteiger partial charge in [0.2, 0.25) is 0 Å². The van der Waals surface area contributed by atoms with Crippen LogP contribution >= 0.6 is 0 Å². The van der Waals surface area contributed by atoms with Crippen LogP contribution in [0.15, 0.2) is 24.4 Å². The summed E-state index contributed by atoms with van der Waals surface area (Å²) < 4.78 is 4.68. The fraction of sp³-hybridized carbons (Fsp3) is 0.500. The molecule has 1 aromatic carbocycles. The molecule has 1 aliphatic heterocycles. The van der Waals surface area contributed by atoms with Crippen LogP contribution in [0.5, 0.6) is 0 Å². The molecule has 6 heteroatoms. The molecule has 3 rings (SSSR count). The van der Waals surface area contributed by atoms with Gasteiger partial charge in [0.05, 0.1) is 24.7 Å². The number of ether oxygens (including phenoxy) is 1. The smallest absolute Gasteiger partial charge is 0.409 e. The largest absolute Gasteiger partial charge is 0.453 e. The third-order valence-corrected chi connectivity index (χ3v) is 3.96. The maximum absolute atomic E-state index is 11.3. The standard InChI is InChI=1S/C15H18N4O2.C3H8/c1-10-4-5-13(6-11(10)2)19-16-7-14(17-19)12-8-18(9-12)15(20)21-3;1-3-2/h4-7,12H,8-9H2,1-3H3;3H2,1-2H3. The number of likely N-dealkylation sites (tertiary alicyclic amines) is 1. The molecular weight excluding hydrogens is 304 g/mol. The maximum Gasteiger partial charge on any atom is 0.409 e. The number of aromatic nitrogens is 3. The van der Waals surface area contributed by atoms with Crippen LogP contribution in [0, 0.1) is 13.8 Å². The molecule has 1 aliphatic rings. The normalized spacial score (nSPS) is 13.8. The molecule has 2 aromatic rings. The van der Waals surface area contributed by atoms with Crippen LogP contribution in [0.4, 0.5) is 4.79 Å². The highest BCUT2D eigenvalue weighted by molar-refractivity contribution is 5.68. The Morgan fingerprint density at radius 1 is 1.25 bits per heavy atom. The van der Waals surface area contributed by atoms with Crippen molar-refractivity contribution in [3.63, 3.8) is 0 Å². The first-order valence-electron chi connectivity index (χ1n) is 8.32. The van der Waals surface area contributed by atoms with Crippen molar-refractivity contribution in [2.24, 2.45) is 0 Å². The second-order valence-electron chi connectivity index (χ2n) is 6.11. The second kappa shape index (κ2) is 7.95. The zero-order valence-electron chi connectivity index (χ0n) is 15.1. The molecule has 0 aliphatic carbocycles. The van der Waals surface area contributed by atoms with Gasteiger partial charge in [-0.3, -0.25) is 0 Å². The molecule has 1 aromatic heterocycles. The van der Waals surface area contributed by atoms with Crippen molar-refractivity contribution in [1.29, 1.82) is 0 Å². The van der Waals surface area contributed by atoms with Crippen LogP contribution < -0.4 is 0 Å². The van der Waals surface area contributed by atoms with Gasteiger partial charge in [-0.05, 0) is 37.1 Å². The highest BCUT2D eigenvalue weighted by Crippen LogP contribution is 2.26. The number of methoxy groups -OCH3 is 1. The Labute approximate surface area is 143 Å². The van der Waals surface area contributed by atoms with E-state index in [0.717, 1.165) is 11.4 Å². The first kappa shape index (κ1) is 18.0. The van der Waals surface area contributed by atoms with E-state index in [9.17, 15) is 4.79 Å². The Kier molecular flexibility index (Phi) is 5.95. The molecule has 24 heavy (non-hydrogen) atoms. The highest BCUT2D eigenvalue weighted by atomic mass is 16.5. The third-order valence-electron chi connectivity index (χ3n) is 3.96. The van der Waals surface area contributed by atoms with Crippen molar-refractivity contribution in [1.82, 2.24) is 19.9 Å². The Balaban J connectivity index is 0.000000647. The van der Waals surface area contributed by atoms with Gasteiger partial charge in [0.25, 0.3) is 0 Å². The van der Waals surface area contributed by atoms with Crippen LogP contribution in [0.1, 0.15) is 43.0 Å². The lowest BCUT2D eigenvalue weighted by molar-refractivity contribution is 0.0872. The molecule has 0 bridgehead atoms. The number of benzene rings is 1. The Morgan fingerprint density at radius 3 is 2.50 bits per heavy atom. The van der Waals surface area contributed by atoms with Gasteiger partial charge in [0.15, 0.2) is 0 Å². The van der Waals surface area contributed by atoms with E-state index < -0.39 is 0 Å². The summed E-state index contributed by atoms with van der Waals surface area (Å²) in [6.45, 7) is 9.68. The molecule has 0 spiro atoms. The molecule has 0 atom stereocenters. The van der Waals surface area contributed by atoms with E-state index in [2.05, 4.69) is 54.8 Å². The van der Waals surface area contributed by atoms with Gasteiger partial charge >= 0.3 is 6.09 Å². The molecule has 1 fully saturated rings. The summed E-state index contributed by atoms with van der Waals surface area (Å²) in [4.78, 5) is 14.6. The third kappa shape index (κ3) is 3.93. The predicted molar refractivity (Wildman–Crippen MR) is 93.5 cm³/mol. The van der Waals surface area contributed by atoms with E-state index in [0.29, 0.717) is 13.1 Å². The predicted octanol–water partition coefficient (Wildman–Crippen LogP) is 3.47. The van der Waals surface area contributed by atoms with Gasteiger partial charge in [-0.15, -0.1) is 0 Å². The Morgan fingerprint density at radius 2 is 1.92 bits per heavy atom. The topological polar surface area (TPSA) is 60.2 Å². The van der Waals surface area contributed by atoms with Crippen molar-refractivity contribution < 1.29 is 9.53 Å². The summed E-state index contributed by atoms with van der Waals surface area (Å²) in [6, 6.07) is 6.14. The second-order valence-corrected chi connectivity index (χ2v) is 6.11. The van der Waals surface area contributed by atoms with Crippen LogP contribution in [-0.2, 0) is 4.74 Å². The van der Waals surface area contributed by atoms with E-state index in [1.54, 1.807) is 15.9 Å². The van der Waals surface area contributed by atoms with Crippen LogP contribution in [0.25, 0.3) is 5.69 Å². The average Bonchev–Trinajstić information content (AvgIpc) is 2.98. The van der Waals surface area contributed by atoms with Crippen molar-refractivity contribution in [2.45, 2.75) is 40.0 Å². The lowest BCUT2D eigenvalue weighted by Crippen LogP contribution is -2.48. The molecule has 0 unspecified atom stereocenters. The summed E-state index contributed by atoms with van der Waals surface area (Å²) in [5.74, 6) is 0.240. The fourth-order valence-corrected chi connectivity index (χ4v) is 2.38. The minimum atomic E-state index is -0.284. The SMILES string of the molecule is CCC.COC(=O)N1CC(c2cnn(-c3ccc(C)c(C)c3)n2)C1. The van der Waals surface area contributed by atoms with E-state index >= 15 is 0 Å². The Hall–Kier alpha value is -2.37. The molecule has 0 N–H and O–H groups in total. The number of aryl methyl sites for hydroxylation is 2. The van der Waals surface area contributed by atoms with E-state index in [1.807, 2.05) is 6.07 Å². The number of hydrogen-bond donors (Lipinski definition) is 0. The summed E-state index contributed by atoms with van der Waals surface area (Å²) in [5.41, 5.74) is 4.33. The van der Waals surface area contributed by atoms with Gasteiger partial charge in [-0.2, -0.15) is 15.0 Å². The van der Waals surface area contributed by atoms with Crippen LogP contribution in [-0.4, -0.2) is 46.2 Å². The summed E-state index contributed by atoms with van der Waals surface area (Å²) in [6.07, 6.45) is 2.74. The van der Waals surface area contributed by atoms with Gasteiger partial charge in [-0.1, -0.05) is 26.3 Å². The molecule has 6 nitrogen and oxygen atoms in total. The monoisotopic (exact) mass is 330 g/mol. The quantitative estimate of drug-likeness (QED) is 0.846. The zero-order valence-corrected chi connectivity index (χ0v) is 15.1. The molecule has 0 saturated carbocycles. The number of hydrogen-bond acceptors (Lipinski definition) is 4. The van der Waals surface area contributed by atoms with Gasteiger partial charge in [-0.25, -0.2) is 4.79 Å². The van der Waals surface area contributed by atoms with Gasteiger partial charge < -0.3 is 9.64 Å². The van der Waals surface area contributed by atoms with E-state index in [4.69, 9.17) is 0 Å². The van der Waals surface area contributed by atoms with Crippen molar-refractivity contribution in [3.05, 3.63) is 41.2 Å². The molecule has 130 valence electrons. The number of amides is 1.